The van der Waals surface area contributed by atoms with Crippen molar-refractivity contribution in [1.82, 2.24) is 14.5 Å². The van der Waals surface area contributed by atoms with Gasteiger partial charge in [0.2, 0.25) is 0 Å². The van der Waals surface area contributed by atoms with Crippen molar-refractivity contribution in [2.75, 3.05) is 13.1 Å². The van der Waals surface area contributed by atoms with Gasteiger partial charge >= 0.3 is 5.97 Å². The maximum atomic E-state index is 11.1. The van der Waals surface area contributed by atoms with Crippen LogP contribution in [0.25, 0.3) is 11.0 Å². The molecule has 2 atom stereocenters. The number of carboxylic acid groups (broad SMARTS) is 1. The minimum atomic E-state index is -0.881. The Bertz CT molecular complexity index is 679. The Hall–Kier alpha value is -1.88. The Morgan fingerprint density at radius 1 is 1.25 bits per heavy atom. The van der Waals surface area contributed by atoms with Crippen molar-refractivity contribution in [2.45, 2.75) is 31.3 Å². The lowest BCUT2D eigenvalue weighted by Gasteiger charge is -2.22. The summed E-state index contributed by atoms with van der Waals surface area (Å²) in [7, 11) is 0. The minimum Gasteiger partial charge on any atom is -0.478 e. The molecule has 4 rings (SSSR count). The zero-order chi connectivity index (χ0) is 13.7. The highest BCUT2D eigenvalue weighted by atomic mass is 16.4. The Morgan fingerprint density at radius 2 is 2.15 bits per heavy atom. The van der Waals surface area contributed by atoms with E-state index in [2.05, 4.69) is 14.5 Å². The van der Waals surface area contributed by atoms with Crippen LogP contribution < -0.4 is 0 Å². The molecule has 0 spiro atoms. The van der Waals surface area contributed by atoms with Crippen LogP contribution in [0.1, 0.15) is 35.7 Å². The third-order valence-electron chi connectivity index (χ3n) is 4.75. The van der Waals surface area contributed by atoms with E-state index in [0.29, 0.717) is 17.6 Å². The number of fused-ring (bicyclic) bond motifs is 2. The smallest absolute Gasteiger partial charge is 0.335 e. The number of carbonyl (C=O) groups is 1. The summed E-state index contributed by atoms with van der Waals surface area (Å²) in [6.45, 7) is 2.35. The van der Waals surface area contributed by atoms with Gasteiger partial charge in [-0.2, -0.15) is 0 Å². The fourth-order valence-electron chi connectivity index (χ4n) is 3.80. The van der Waals surface area contributed by atoms with Crippen molar-refractivity contribution in [3.05, 3.63) is 30.1 Å². The van der Waals surface area contributed by atoms with Crippen molar-refractivity contribution >= 4 is 17.0 Å². The fraction of sp³-hybridized carbons (Fsp3) is 0.467. The molecule has 3 heterocycles. The van der Waals surface area contributed by atoms with Crippen molar-refractivity contribution in [3.63, 3.8) is 0 Å². The largest absolute Gasteiger partial charge is 0.478 e. The van der Waals surface area contributed by atoms with E-state index in [0.717, 1.165) is 24.0 Å². The minimum absolute atomic E-state index is 0.334. The summed E-state index contributed by atoms with van der Waals surface area (Å²) in [6, 6.07) is 6.21. The van der Waals surface area contributed by atoms with Gasteiger partial charge in [-0.15, -0.1) is 0 Å². The molecule has 5 nitrogen and oxygen atoms in total. The average molecular weight is 271 g/mol. The number of aromatic nitrogens is 2. The number of nitrogens with zero attached hydrogens (tertiary/aromatic N) is 3. The number of imidazole rings is 1. The van der Waals surface area contributed by atoms with Crippen LogP contribution >= 0.6 is 0 Å². The molecule has 0 radical (unpaired) electrons. The monoisotopic (exact) mass is 271 g/mol. The average Bonchev–Trinajstić information content (AvgIpc) is 3.11. The topological polar surface area (TPSA) is 58.4 Å². The lowest BCUT2D eigenvalue weighted by Crippen LogP contribution is -2.27. The summed E-state index contributed by atoms with van der Waals surface area (Å²) < 4.78 is 2.19. The third kappa shape index (κ3) is 1.66. The Morgan fingerprint density at radius 3 is 3.00 bits per heavy atom. The summed E-state index contributed by atoms with van der Waals surface area (Å²) in [6.07, 6.45) is 5.52. The number of aromatic carboxylic acids is 1. The quantitative estimate of drug-likeness (QED) is 0.909. The highest BCUT2D eigenvalue weighted by Crippen LogP contribution is 2.37. The van der Waals surface area contributed by atoms with Crippen molar-refractivity contribution in [1.29, 1.82) is 0 Å². The second-order valence-corrected chi connectivity index (χ2v) is 5.76. The predicted octanol–water partition coefficient (Wildman–Crippen LogP) is 2.14. The van der Waals surface area contributed by atoms with Gasteiger partial charge in [-0.1, -0.05) is 0 Å². The van der Waals surface area contributed by atoms with Crippen LogP contribution in [0.5, 0.6) is 0 Å². The van der Waals surface area contributed by atoms with Gasteiger partial charge in [0.05, 0.1) is 29.0 Å². The van der Waals surface area contributed by atoms with Gasteiger partial charge in [0.1, 0.15) is 0 Å². The molecule has 0 bridgehead atoms. The first-order valence-corrected chi connectivity index (χ1v) is 7.18. The first-order valence-electron chi connectivity index (χ1n) is 7.18. The van der Waals surface area contributed by atoms with Gasteiger partial charge < -0.3 is 9.67 Å². The molecule has 1 aromatic carbocycles. The van der Waals surface area contributed by atoms with E-state index in [1.807, 2.05) is 6.33 Å². The molecule has 2 saturated heterocycles. The number of hydrogen-bond acceptors (Lipinski definition) is 3. The Balaban J connectivity index is 1.79. The molecule has 0 saturated carbocycles. The van der Waals surface area contributed by atoms with Crippen molar-refractivity contribution in [2.24, 2.45) is 0 Å². The van der Waals surface area contributed by atoms with E-state index in [-0.39, 0.29) is 0 Å². The van der Waals surface area contributed by atoms with E-state index >= 15 is 0 Å². The molecule has 1 aromatic heterocycles. The van der Waals surface area contributed by atoms with E-state index in [4.69, 9.17) is 5.11 Å². The van der Waals surface area contributed by atoms with Crippen LogP contribution in [0.4, 0.5) is 0 Å². The Labute approximate surface area is 116 Å². The van der Waals surface area contributed by atoms with Gasteiger partial charge in [0, 0.05) is 12.6 Å². The summed E-state index contributed by atoms with van der Waals surface area (Å²) in [5, 5.41) is 9.15. The van der Waals surface area contributed by atoms with E-state index in [1.165, 1.54) is 19.4 Å². The van der Waals surface area contributed by atoms with Crippen molar-refractivity contribution < 1.29 is 9.90 Å². The normalized spacial score (nSPS) is 26.2. The molecule has 2 unspecified atom stereocenters. The number of carboxylic acids is 1. The summed E-state index contributed by atoms with van der Waals surface area (Å²) in [5.41, 5.74) is 2.16. The molecule has 1 N–H and O–H groups in total. The zero-order valence-corrected chi connectivity index (χ0v) is 11.2. The predicted molar refractivity (Wildman–Crippen MR) is 74.9 cm³/mol. The highest BCUT2D eigenvalue weighted by Gasteiger charge is 2.38. The van der Waals surface area contributed by atoms with Crippen LogP contribution in [0.3, 0.4) is 0 Å². The SMILES string of the molecule is O=C(O)c1ccc2ncn(C3CCN4CCCC34)c2c1. The molecule has 0 aliphatic carbocycles. The second-order valence-electron chi connectivity index (χ2n) is 5.76. The summed E-state index contributed by atoms with van der Waals surface area (Å²) >= 11 is 0. The first kappa shape index (κ1) is 11.9. The van der Waals surface area contributed by atoms with E-state index in [9.17, 15) is 4.79 Å². The van der Waals surface area contributed by atoms with Gasteiger partial charge in [0.25, 0.3) is 0 Å². The summed E-state index contributed by atoms with van der Waals surface area (Å²) in [5.74, 6) is -0.881. The molecule has 2 aliphatic heterocycles. The lowest BCUT2D eigenvalue weighted by atomic mass is 10.1. The van der Waals surface area contributed by atoms with Gasteiger partial charge in [0.15, 0.2) is 0 Å². The Kier molecular flexibility index (Phi) is 2.57. The molecule has 2 aromatic rings. The van der Waals surface area contributed by atoms with E-state index < -0.39 is 5.97 Å². The van der Waals surface area contributed by atoms with Crippen LogP contribution in [-0.4, -0.2) is 44.7 Å². The number of hydrogen-bond donors (Lipinski definition) is 1. The molecule has 5 heteroatoms. The number of benzene rings is 1. The second kappa shape index (κ2) is 4.31. The van der Waals surface area contributed by atoms with Gasteiger partial charge in [-0.3, -0.25) is 4.90 Å². The maximum Gasteiger partial charge on any atom is 0.335 e. The maximum absolute atomic E-state index is 11.1. The fourth-order valence-corrected chi connectivity index (χ4v) is 3.80. The van der Waals surface area contributed by atoms with Gasteiger partial charge in [-0.25, -0.2) is 9.78 Å². The molecule has 104 valence electrons. The van der Waals surface area contributed by atoms with E-state index in [1.54, 1.807) is 18.2 Å². The van der Waals surface area contributed by atoms with Crippen LogP contribution in [0, 0.1) is 0 Å². The van der Waals surface area contributed by atoms with Gasteiger partial charge in [-0.05, 0) is 44.0 Å². The lowest BCUT2D eigenvalue weighted by molar-refractivity contribution is 0.0697. The summed E-state index contributed by atoms with van der Waals surface area (Å²) in [4.78, 5) is 18.1. The first-order chi connectivity index (χ1) is 9.74. The highest BCUT2D eigenvalue weighted by molar-refractivity contribution is 5.92. The molecule has 20 heavy (non-hydrogen) atoms. The standard InChI is InChI=1S/C15H17N3O2/c19-15(20)10-3-4-11-14(8-10)18(9-16-11)13-5-7-17-6-1-2-12(13)17/h3-4,8-9,12-13H,1-2,5-7H2,(H,19,20). The molecule has 0 amide bonds. The van der Waals surface area contributed by atoms with Crippen LogP contribution in [0.15, 0.2) is 24.5 Å². The molecule has 2 fully saturated rings. The number of rotatable bonds is 2. The molecule has 2 aliphatic rings. The van der Waals surface area contributed by atoms with Crippen molar-refractivity contribution in [3.8, 4) is 0 Å². The molecular weight excluding hydrogens is 254 g/mol. The third-order valence-corrected chi connectivity index (χ3v) is 4.75. The van der Waals surface area contributed by atoms with Crippen LogP contribution in [-0.2, 0) is 0 Å². The van der Waals surface area contributed by atoms with Crippen LogP contribution in [0.2, 0.25) is 0 Å². The zero-order valence-electron chi connectivity index (χ0n) is 11.2. The molecular formula is C15H17N3O2.